The Hall–Kier alpha value is -2.05. The van der Waals surface area contributed by atoms with Gasteiger partial charge in [0, 0.05) is 31.1 Å². The second-order valence-corrected chi connectivity index (χ2v) is 9.07. The highest BCUT2D eigenvalue weighted by atomic mass is 32.2. The lowest BCUT2D eigenvalue weighted by molar-refractivity contribution is 0.0755. The summed E-state index contributed by atoms with van der Waals surface area (Å²) in [5, 5.41) is 7.03. The maximum absolute atomic E-state index is 13.1. The zero-order valence-corrected chi connectivity index (χ0v) is 17.2. The van der Waals surface area contributed by atoms with E-state index in [0.29, 0.717) is 10.9 Å². The first-order chi connectivity index (χ1) is 13.1. The normalized spacial score (nSPS) is 17.7. The molecular formula is C21H23N3OS2. The molecule has 6 heteroatoms. The number of carbonyl (C=O) groups is 1. The van der Waals surface area contributed by atoms with Crippen LogP contribution in [-0.4, -0.2) is 39.4 Å². The zero-order valence-electron chi connectivity index (χ0n) is 15.6. The van der Waals surface area contributed by atoms with Gasteiger partial charge in [0.15, 0.2) is 0 Å². The predicted octanol–water partition coefficient (Wildman–Crippen LogP) is 4.78. The molecule has 1 aliphatic rings. The molecule has 1 saturated heterocycles. The average molecular weight is 398 g/mol. The number of aromatic nitrogens is 2. The number of thiophene rings is 1. The highest BCUT2D eigenvalue weighted by Gasteiger charge is 2.25. The summed E-state index contributed by atoms with van der Waals surface area (Å²) < 4.78 is 1.72. The van der Waals surface area contributed by atoms with Gasteiger partial charge in [-0.05, 0) is 42.0 Å². The van der Waals surface area contributed by atoms with Crippen molar-refractivity contribution in [2.75, 3.05) is 18.8 Å². The Balaban J connectivity index is 1.50. The van der Waals surface area contributed by atoms with Gasteiger partial charge in [-0.1, -0.05) is 30.3 Å². The molecule has 140 valence electrons. The standard InChI is InChI=1S/C21H23N3OS2/c1-15-6-3-4-7-16(15)19-9-10-24(11-13-27-19)21(25)18-14-17(22-23(18)2)20-8-5-12-26-20/h3-8,12,14,19H,9-11,13H2,1-2H3/t19-/m0/s1. The van der Waals surface area contributed by atoms with Crippen molar-refractivity contribution in [1.82, 2.24) is 14.7 Å². The Labute approximate surface area is 168 Å². The van der Waals surface area contributed by atoms with Crippen molar-refractivity contribution < 1.29 is 4.79 Å². The number of amides is 1. The van der Waals surface area contributed by atoms with Crippen LogP contribution in [0.25, 0.3) is 10.6 Å². The van der Waals surface area contributed by atoms with Gasteiger partial charge in [-0.2, -0.15) is 16.9 Å². The van der Waals surface area contributed by atoms with E-state index in [1.165, 1.54) is 11.1 Å². The summed E-state index contributed by atoms with van der Waals surface area (Å²) in [5.41, 5.74) is 4.27. The molecule has 1 amide bonds. The van der Waals surface area contributed by atoms with E-state index in [2.05, 4.69) is 36.3 Å². The molecule has 1 atom stereocenters. The van der Waals surface area contributed by atoms with E-state index < -0.39 is 0 Å². The summed E-state index contributed by atoms with van der Waals surface area (Å²) in [7, 11) is 1.85. The van der Waals surface area contributed by atoms with Crippen LogP contribution in [0.1, 0.15) is 33.3 Å². The minimum atomic E-state index is 0.0823. The SMILES string of the molecule is Cc1ccccc1[C@@H]1CCN(C(=O)c2cc(-c3cccs3)nn2C)CCS1. The van der Waals surface area contributed by atoms with Crippen LogP contribution in [0.3, 0.4) is 0 Å². The minimum absolute atomic E-state index is 0.0823. The van der Waals surface area contributed by atoms with Crippen LogP contribution >= 0.6 is 23.1 Å². The zero-order chi connectivity index (χ0) is 18.8. The molecule has 0 spiro atoms. The number of nitrogens with zero attached hydrogens (tertiary/aromatic N) is 3. The van der Waals surface area contributed by atoms with E-state index in [9.17, 15) is 4.79 Å². The molecule has 4 rings (SSSR count). The first-order valence-electron chi connectivity index (χ1n) is 9.18. The van der Waals surface area contributed by atoms with Gasteiger partial charge in [-0.25, -0.2) is 0 Å². The number of hydrogen-bond acceptors (Lipinski definition) is 4. The Bertz CT molecular complexity index is 933. The molecule has 0 unspecified atom stereocenters. The molecule has 4 nitrogen and oxygen atoms in total. The van der Waals surface area contributed by atoms with E-state index in [4.69, 9.17) is 0 Å². The van der Waals surface area contributed by atoms with Crippen molar-refractivity contribution in [3.05, 3.63) is 64.7 Å². The fourth-order valence-electron chi connectivity index (χ4n) is 3.54. The third-order valence-electron chi connectivity index (χ3n) is 5.04. The van der Waals surface area contributed by atoms with Gasteiger partial charge >= 0.3 is 0 Å². The van der Waals surface area contributed by atoms with Crippen LogP contribution in [0.2, 0.25) is 0 Å². The third-order valence-corrected chi connectivity index (χ3v) is 7.24. The summed E-state index contributed by atoms with van der Waals surface area (Å²) in [4.78, 5) is 16.2. The largest absolute Gasteiger partial charge is 0.336 e. The summed E-state index contributed by atoms with van der Waals surface area (Å²) in [6, 6.07) is 14.6. The monoisotopic (exact) mass is 397 g/mol. The third kappa shape index (κ3) is 3.82. The first-order valence-corrected chi connectivity index (χ1v) is 11.1. The van der Waals surface area contributed by atoms with E-state index in [1.807, 2.05) is 47.3 Å². The van der Waals surface area contributed by atoms with Crippen LogP contribution in [0.15, 0.2) is 47.8 Å². The van der Waals surface area contributed by atoms with Gasteiger partial charge in [0.25, 0.3) is 5.91 Å². The predicted molar refractivity (Wildman–Crippen MR) is 113 cm³/mol. The van der Waals surface area contributed by atoms with Gasteiger partial charge < -0.3 is 4.90 Å². The average Bonchev–Trinajstić information content (AvgIpc) is 3.26. The second-order valence-electron chi connectivity index (χ2n) is 6.81. The number of aryl methyl sites for hydroxylation is 2. The summed E-state index contributed by atoms with van der Waals surface area (Å²) >= 11 is 3.60. The topological polar surface area (TPSA) is 38.1 Å². The van der Waals surface area contributed by atoms with E-state index >= 15 is 0 Å². The van der Waals surface area contributed by atoms with Crippen LogP contribution < -0.4 is 0 Å². The fraction of sp³-hybridized carbons (Fsp3) is 0.333. The molecule has 3 aromatic rings. The number of carbonyl (C=O) groups excluding carboxylic acids is 1. The lowest BCUT2D eigenvalue weighted by Crippen LogP contribution is -2.34. The highest BCUT2D eigenvalue weighted by Crippen LogP contribution is 2.36. The Morgan fingerprint density at radius 1 is 1.19 bits per heavy atom. The van der Waals surface area contributed by atoms with E-state index in [1.54, 1.807) is 16.0 Å². The summed E-state index contributed by atoms with van der Waals surface area (Å²) in [6.07, 6.45) is 0.983. The van der Waals surface area contributed by atoms with Crippen molar-refractivity contribution in [3.63, 3.8) is 0 Å². The van der Waals surface area contributed by atoms with Gasteiger partial charge in [0.2, 0.25) is 0 Å². The van der Waals surface area contributed by atoms with E-state index in [0.717, 1.165) is 35.8 Å². The van der Waals surface area contributed by atoms with Gasteiger partial charge in [0.05, 0.1) is 4.88 Å². The summed E-state index contributed by atoms with van der Waals surface area (Å²) in [6.45, 7) is 3.74. The van der Waals surface area contributed by atoms with Crippen molar-refractivity contribution in [2.24, 2.45) is 7.05 Å². The quantitative estimate of drug-likeness (QED) is 0.638. The Kier molecular flexibility index (Phi) is 5.36. The molecule has 0 saturated carbocycles. The minimum Gasteiger partial charge on any atom is -0.336 e. The van der Waals surface area contributed by atoms with Crippen LogP contribution in [0.4, 0.5) is 0 Å². The van der Waals surface area contributed by atoms with Crippen molar-refractivity contribution in [3.8, 4) is 10.6 Å². The lowest BCUT2D eigenvalue weighted by Gasteiger charge is -2.20. The number of benzene rings is 1. The molecule has 0 N–H and O–H groups in total. The van der Waals surface area contributed by atoms with Crippen LogP contribution in [0.5, 0.6) is 0 Å². The molecule has 1 aromatic carbocycles. The van der Waals surface area contributed by atoms with Gasteiger partial charge in [-0.3, -0.25) is 9.48 Å². The molecule has 0 radical (unpaired) electrons. The van der Waals surface area contributed by atoms with Crippen molar-refractivity contribution >= 4 is 29.0 Å². The maximum Gasteiger partial charge on any atom is 0.272 e. The number of thioether (sulfide) groups is 1. The number of hydrogen-bond donors (Lipinski definition) is 0. The molecular weight excluding hydrogens is 374 g/mol. The second kappa shape index (κ2) is 7.90. The summed E-state index contributed by atoms with van der Waals surface area (Å²) in [5.74, 6) is 1.04. The van der Waals surface area contributed by atoms with Crippen LogP contribution in [0, 0.1) is 6.92 Å². The molecule has 1 aliphatic heterocycles. The van der Waals surface area contributed by atoms with Crippen molar-refractivity contribution in [2.45, 2.75) is 18.6 Å². The van der Waals surface area contributed by atoms with E-state index in [-0.39, 0.29) is 5.91 Å². The number of rotatable bonds is 3. The fourth-order valence-corrected chi connectivity index (χ4v) is 5.55. The Morgan fingerprint density at radius 3 is 2.81 bits per heavy atom. The molecule has 1 fully saturated rings. The van der Waals surface area contributed by atoms with Crippen molar-refractivity contribution in [1.29, 1.82) is 0 Å². The molecule has 27 heavy (non-hydrogen) atoms. The van der Waals surface area contributed by atoms with Gasteiger partial charge in [0.1, 0.15) is 11.4 Å². The lowest BCUT2D eigenvalue weighted by atomic mass is 10.0. The van der Waals surface area contributed by atoms with Gasteiger partial charge in [-0.15, -0.1) is 11.3 Å². The first kappa shape index (κ1) is 18.3. The Morgan fingerprint density at radius 2 is 2.04 bits per heavy atom. The van der Waals surface area contributed by atoms with Crippen LogP contribution in [-0.2, 0) is 7.05 Å². The maximum atomic E-state index is 13.1. The molecule has 0 aliphatic carbocycles. The smallest absolute Gasteiger partial charge is 0.272 e. The molecule has 3 heterocycles. The molecule has 2 aromatic heterocycles. The molecule has 0 bridgehead atoms. The highest BCUT2D eigenvalue weighted by molar-refractivity contribution is 7.99.